The molecule has 1 radical (unpaired) electrons. The fraction of sp³-hybridized carbons (Fsp3) is 0.167. The van der Waals surface area contributed by atoms with E-state index in [4.69, 9.17) is 5.11 Å². The topological polar surface area (TPSA) is 20.2 Å². The molecule has 0 heterocycles. The lowest BCUT2D eigenvalue weighted by Crippen LogP contribution is -1.90. The Labute approximate surface area is 44.0 Å². The quantitative estimate of drug-likeness (QED) is 0.508. The maximum atomic E-state index is 8.44. The van der Waals surface area contributed by atoms with E-state index in [2.05, 4.69) is 13.5 Å². The Morgan fingerprint density at radius 2 is 2.14 bits per heavy atom. The second-order valence-corrected chi connectivity index (χ2v) is 1.19. The molecule has 39 valence electrons. The smallest absolute Gasteiger partial charge is 0.0725 e. The molecule has 0 fully saturated rings. The van der Waals surface area contributed by atoms with Crippen LogP contribution in [0, 0.1) is 6.92 Å². The van der Waals surface area contributed by atoms with Gasteiger partial charge in [0, 0.05) is 0 Å². The highest BCUT2D eigenvalue weighted by Crippen LogP contribution is 1.80. The van der Waals surface area contributed by atoms with E-state index >= 15 is 0 Å². The molecule has 1 unspecified atom stereocenters. The van der Waals surface area contributed by atoms with Crippen molar-refractivity contribution < 1.29 is 5.11 Å². The molecule has 0 aromatic carbocycles. The summed E-state index contributed by atoms with van der Waals surface area (Å²) >= 11 is 0. The Morgan fingerprint density at radius 1 is 1.57 bits per heavy atom. The van der Waals surface area contributed by atoms with E-state index in [9.17, 15) is 0 Å². The minimum atomic E-state index is -0.599. The molecule has 0 saturated carbocycles. The number of aliphatic hydroxyl groups is 1. The van der Waals surface area contributed by atoms with Crippen LogP contribution in [0.25, 0.3) is 0 Å². The number of hydrogen-bond acceptors (Lipinski definition) is 1. The summed E-state index contributed by atoms with van der Waals surface area (Å²) in [7, 11) is 0. The van der Waals surface area contributed by atoms with Crippen molar-refractivity contribution >= 4 is 0 Å². The fourth-order valence-corrected chi connectivity index (χ4v) is 0.207. The first-order valence-corrected chi connectivity index (χ1v) is 2.07. The van der Waals surface area contributed by atoms with Gasteiger partial charge in [-0.15, -0.1) is 0 Å². The predicted molar refractivity (Wildman–Crippen MR) is 30.7 cm³/mol. The van der Waals surface area contributed by atoms with E-state index in [1.807, 2.05) is 0 Å². The average Bonchev–Trinajstić information content (AvgIpc) is 1.61. The third-order valence-electron chi connectivity index (χ3n) is 0.469. The highest BCUT2D eigenvalue weighted by molar-refractivity contribution is 5.00. The van der Waals surface area contributed by atoms with Gasteiger partial charge in [0.05, 0.1) is 6.10 Å². The summed E-state index contributed by atoms with van der Waals surface area (Å²) in [5.41, 5.74) is 0. The monoisotopic (exact) mass is 97.1 g/mol. The highest BCUT2D eigenvalue weighted by Gasteiger charge is 1.79. The van der Waals surface area contributed by atoms with Gasteiger partial charge in [-0.25, -0.2) is 0 Å². The molecule has 0 amide bonds. The summed E-state index contributed by atoms with van der Waals surface area (Å²) in [5, 5.41) is 8.44. The van der Waals surface area contributed by atoms with Crippen LogP contribution in [0.2, 0.25) is 0 Å². The molecule has 0 aromatic heterocycles. The summed E-state index contributed by atoms with van der Waals surface area (Å²) in [5.74, 6) is 0. The van der Waals surface area contributed by atoms with Gasteiger partial charge in [-0.3, -0.25) is 0 Å². The third-order valence-corrected chi connectivity index (χ3v) is 0.469. The van der Waals surface area contributed by atoms with Gasteiger partial charge in [0.2, 0.25) is 0 Å². The van der Waals surface area contributed by atoms with Gasteiger partial charge in [-0.2, -0.15) is 0 Å². The first-order valence-electron chi connectivity index (χ1n) is 2.07. The fourth-order valence-electron chi connectivity index (χ4n) is 0.207. The summed E-state index contributed by atoms with van der Waals surface area (Å²) < 4.78 is 0. The number of aliphatic hydroxyl groups excluding tert-OH is 1. The Bertz CT molecular complexity index is 72.2. The second-order valence-electron chi connectivity index (χ2n) is 1.19. The SMILES string of the molecule is [CH2]C(O)C=CC=C. The van der Waals surface area contributed by atoms with Crippen molar-refractivity contribution in [3.8, 4) is 0 Å². The van der Waals surface area contributed by atoms with Crippen LogP contribution in [0.1, 0.15) is 0 Å². The van der Waals surface area contributed by atoms with Crippen molar-refractivity contribution in [2.75, 3.05) is 0 Å². The minimum Gasteiger partial charge on any atom is -0.389 e. The van der Waals surface area contributed by atoms with Crippen molar-refractivity contribution in [2.24, 2.45) is 0 Å². The van der Waals surface area contributed by atoms with Crippen molar-refractivity contribution in [3.05, 3.63) is 31.7 Å². The van der Waals surface area contributed by atoms with Crippen LogP contribution in [0.3, 0.4) is 0 Å². The van der Waals surface area contributed by atoms with Gasteiger partial charge >= 0.3 is 0 Å². The van der Waals surface area contributed by atoms with E-state index in [1.165, 1.54) is 0 Å². The molecule has 1 atom stereocenters. The molecule has 0 rings (SSSR count). The van der Waals surface area contributed by atoms with E-state index in [0.29, 0.717) is 0 Å². The van der Waals surface area contributed by atoms with Gasteiger partial charge in [0.15, 0.2) is 0 Å². The maximum Gasteiger partial charge on any atom is 0.0725 e. The lowest BCUT2D eigenvalue weighted by atomic mass is 10.3. The summed E-state index contributed by atoms with van der Waals surface area (Å²) in [6.45, 7) is 6.70. The van der Waals surface area contributed by atoms with E-state index in [-0.39, 0.29) is 0 Å². The Morgan fingerprint density at radius 3 is 2.29 bits per heavy atom. The van der Waals surface area contributed by atoms with Crippen molar-refractivity contribution in [3.63, 3.8) is 0 Å². The normalized spacial score (nSPS) is 14.6. The summed E-state index contributed by atoms with van der Waals surface area (Å²) in [4.78, 5) is 0. The number of hydrogen-bond donors (Lipinski definition) is 1. The molecule has 0 aliphatic rings. The van der Waals surface area contributed by atoms with E-state index in [0.717, 1.165) is 0 Å². The van der Waals surface area contributed by atoms with Crippen LogP contribution < -0.4 is 0 Å². The predicted octanol–water partition coefficient (Wildman–Crippen LogP) is 0.924. The van der Waals surface area contributed by atoms with Crippen LogP contribution >= 0.6 is 0 Å². The first kappa shape index (κ1) is 6.44. The Kier molecular flexibility index (Phi) is 3.33. The molecule has 0 aromatic rings. The molecule has 0 spiro atoms. The zero-order valence-electron chi connectivity index (χ0n) is 4.17. The Hall–Kier alpha value is -0.560. The largest absolute Gasteiger partial charge is 0.389 e. The van der Waals surface area contributed by atoms with Crippen molar-refractivity contribution in [1.82, 2.24) is 0 Å². The summed E-state index contributed by atoms with van der Waals surface area (Å²) in [6.07, 6.45) is 4.19. The van der Waals surface area contributed by atoms with Crippen LogP contribution in [0.5, 0.6) is 0 Å². The standard InChI is InChI=1S/C6H9O/c1-3-4-5-6(2)7/h3-7H,1-2H2. The minimum absolute atomic E-state index is 0.599. The lowest BCUT2D eigenvalue weighted by Gasteiger charge is -1.87. The summed E-state index contributed by atoms with van der Waals surface area (Å²) in [6, 6.07) is 0. The van der Waals surface area contributed by atoms with Gasteiger partial charge in [-0.05, 0) is 6.92 Å². The molecule has 0 aliphatic heterocycles. The molecular weight excluding hydrogens is 88.1 g/mol. The van der Waals surface area contributed by atoms with Crippen molar-refractivity contribution in [2.45, 2.75) is 6.10 Å². The van der Waals surface area contributed by atoms with Crippen LogP contribution in [-0.2, 0) is 0 Å². The molecule has 1 heteroatoms. The van der Waals surface area contributed by atoms with Crippen LogP contribution in [0.4, 0.5) is 0 Å². The molecule has 1 nitrogen and oxygen atoms in total. The maximum absolute atomic E-state index is 8.44. The average molecular weight is 97.1 g/mol. The van der Waals surface area contributed by atoms with Gasteiger partial charge < -0.3 is 5.11 Å². The van der Waals surface area contributed by atoms with Gasteiger partial charge in [-0.1, -0.05) is 24.8 Å². The number of allylic oxidation sites excluding steroid dienone is 2. The Balaban J connectivity index is 3.25. The van der Waals surface area contributed by atoms with Crippen LogP contribution in [0.15, 0.2) is 24.8 Å². The van der Waals surface area contributed by atoms with Crippen LogP contribution in [-0.4, -0.2) is 11.2 Å². The molecule has 7 heavy (non-hydrogen) atoms. The second kappa shape index (κ2) is 3.62. The van der Waals surface area contributed by atoms with E-state index < -0.39 is 6.10 Å². The molecule has 0 aliphatic carbocycles. The van der Waals surface area contributed by atoms with Gasteiger partial charge in [0.25, 0.3) is 0 Å². The van der Waals surface area contributed by atoms with Gasteiger partial charge in [0.1, 0.15) is 0 Å². The zero-order valence-corrected chi connectivity index (χ0v) is 4.17. The van der Waals surface area contributed by atoms with E-state index in [1.54, 1.807) is 18.2 Å². The molecule has 1 N–H and O–H groups in total. The highest BCUT2D eigenvalue weighted by atomic mass is 16.3. The number of rotatable bonds is 2. The first-order chi connectivity index (χ1) is 3.27. The lowest BCUT2D eigenvalue weighted by molar-refractivity contribution is 0.269. The van der Waals surface area contributed by atoms with Crippen molar-refractivity contribution in [1.29, 1.82) is 0 Å². The molecular formula is C6H9O. The molecule has 0 saturated heterocycles. The third kappa shape index (κ3) is 5.44. The zero-order chi connectivity index (χ0) is 5.70. The molecule has 0 bridgehead atoms.